The number of fused-ring (bicyclic) bond motifs is 8. The maximum Gasteiger partial charge on any atom is 2.00 e. The molecule has 9 nitrogen and oxygen atoms in total. The standard InChI is InChI=1S/C35H38N4O5.Mg/c1-8-19-15(3)22-12-24-17(5)21(10-11-28(40)41)32(38-24)30-31(35(43)44-7)34(42)29-18(6)25(39-33(29)30)14-27-20(9-2)16(4)23(37-27)13-26(19)36-22;/h8,12-14,17,21,31-32,37,39,42H,1,9-11H2,2-7H3,(H,40,41);/q-2;+2/b23-13-,24-12-,27-14-;/t17-,21-,31+,32?;/m0./s1. The molecule has 5 heterocycles. The summed E-state index contributed by atoms with van der Waals surface area (Å²) in [6.07, 6.45) is 9.02. The zero-order valence-electron chi connectivity index (χ0n) is 26.7. The molecule has 0 saturated carbocycles. The molecule has 8 bridgehead atoms. The Morgan fingerprint density at radius 3 is 2.44 bits per heavy atom. The molecule has 4 N–H and O–H groups in total. The zero-order chi connectivity index (χ0) is 31.6. The van der Waals surface area contributed by atoms with E-state index in [4.69, 9.17) is 15.0 Å². The summed E-state index contributed by atoms with van der Waals surface area (Å²) in [5, 5.41) is 29.5. The smallest absolute Gasteiger partial charge is 0.681 e. The molecule has 0 spiro atoms. The van der Waals surface area contributed by atoms with E-state index in [1.165, 1.54) is 12.7 Å². The second-order valence-electron chi connectivity index (χ2n) is 12.1. The van der Waals surface area contributed by atoms with Gasteiger partial charge < -0.3 is 35.2 Å². The van der Waals surface area contributed by atoms with Crippen LogP contribution < -0.4 is 26.3 Å². The second-order valence-corrected chi connectivity index (χ2v) is 12.1. The van der Waals surface area contributed by atoms with Crippen LogP contribution in [0.1, 0.15) is 71.6 Å². The van der Waals surface area contributed by atoms with Crippen molar-refractivity contribution in [2.24, 2.45) is 17.8 Å². The van der Waals surface area contributed by atoms with E-state index in [2.05, 4.69) is 36.5 Å². The van der Waals surface area contributed by atoms with Crippen molar-refractivity contribution >= 4 is 70.6 Å². The maximum absolute atomic E-state index is 13.3. The van der Waals surface area contributed by atoms with Crippen LogP contribution in [0, 0.1) is 38.5 Å². The molecule has 6 rings (SSSR count). The molecule has 0 amide bonds. The third-order valence-corrected chi connectivity index (χ3v) is 9.84. The number of ether oxygens (including phenoxy) is 1. The number of aromatic nitrogens is 3. The van der Waals surface area contributed by atoms with E-state index < -0.39 is 23.9 Å². The van der Waals surface area contributed by atoms with Crippen molar-refractivity contribution < 1.29 is 24.5 Å². The van der Waals surface area contributed by atoms with E-state index in [1.54, 1.807) is 0 Å². The second kappa shape index (κ2) is 12.1. The molecule has 1 fully saturated rings. The molecule has 4 atom stereocenters. The first-order valence-corrected chi connectivity index (χ1v) is 15.1. The summed E-state index contributed by atoms with van der Waals surface area (Å²) in [5.41, 5.74) is 8.77. The van der Waals surface area contributed by atoms with Gasteiger partial charge in [-0.3, -0.25) is 9.59 Å². The van der Waals surface area contributed by atoms with E-state index in [1.807, 2.05) is 39.0 Å². The van der Waals surface area contributed by atoms with Gasteiger partial charge in [-0.05, 0) is 79.4 Å². The predicted octanol–water partition coefficient (Wildman–Crippen LogP) is 2.55. The Morgan fingerprint density at radius 1 is 1.07 bits per heavy atom. The number of aliphatic carboxylic acids is 1. The molecular formula is C35H38MgN4O5. The van der Waals surface area contributed by atoms with Gasteiger partial charge in [0, 0.05) is 33.4 Å². The van der Waals surface area contributed by atoms with Crippen LogP contribution in [0.4, 0.5) is 0 Å². The van der Waals surface area contributed by atoms with Gasteiger partial charge in [-0.15, -0.1) is 11.4 Å². The average molecular weight is 619 g/mol. The number of esters is 1. The summed E-state index contributed by atoms with van der Waals surface area (Å²) in [5.74, 6) is -2.96. The van der Waals surface area contributed by atoms with Crippen LogP contribution >= 0.6 is 0 Å². The first kappa shape index (κ1) is 32.5. The first-order valence-electron chi connectivity index (χ1n) is 15.1. The maximum atomic E-state index is 13.3. The average Bonchev–Trinajstić information content (AvgIpc) is 3.72. The summed E-state index contributed by atoms with van der Waals surface area (Å²) >= 11 is 0. The molecule has 1 unspecified atom stereocenters. The Labute approximate surface area is 277 Å². The molecule has 1 saturated heterocycles. The van der Waals surface area contributed by atoms with Gasteiger partial charge in [0.25, 0.3) is 0 Å². The summed E-state index contributed by atoms with van der Waals surface area (Å²) in [6.45, 7) is 14.3. The van der Waals surface area contributed by atoms with Crippen LogP contribution in [0.2, 0.25) is 0 Å². The van der Waals surface area contributed by atoms with E-state index in [9.17, 15) is 19.8 Å². The Kier molecular flexibility index (Phi) is 8.76. The number of hydrogen-bond acceptors (Lipinski definition) is 4. The Bertz CT molecular complexity index is 2030. The zero-order valence-corrected chi connectivity index (χ0v) is 28.1. The number of carboxylic acid groups (broad SMARTS) is 1. The van der Waals surface area contributed by atoms with Gasteiger partial charge in [0.15, 0.2) is 0 Å². The van der Waals surface area contributed by atoms with Crippen molar-refractivity contribution in [2.75, 3.05) is 7.11 Å². The molecule has 2 aliphatic heterocycles. The van der Waals surface area contributed by atoms with Crippen LogP contribution in [0.5, 0.6) is 0 Å². The number of aliphatic hydroxyl groups excluding tert-OH is 1. The van der Waals surface area contributed by atoms with Crippen molar-refractivity contribution in [1.82, 2.24) is 15.0 Å². The van der Waals surface area contributed by atoms with Gasteiger partial charge in [-0.1, -0.05) is 50.3 Å². The Balaban J connectivity index is 0.00000400. The number of nitrogens with zero attached hydrogens (tertiary/aromatic N) is 2. The minimum atomic E-state index is -1.04. The molecule has 1 aliphatic carbocycles. The van der Waals surface area contributed by atoms with Gasteiger partial charge in [-0.25, -0.2) is 0 Å². The summed E-state index contributed by atoms with van der Waals surface area (Å²) < 4.78 is 5.19. The van der Waals surface area contributed by atoms with Crippen LogP contribution in [-0.4, -0.2) is 68.3 Å². The summed E-state index contributed by atoms with van der Waals surface area (Å²) in [4.78, 5) is 37.1. The SMILES string of the molecule is C=Cc1c2[n-]c(c1C)/C=C1\[N-]C(C3=c4[nH]c(c(C)c4=C(O)[C@@H]3C(=O)OC)/C=c3\[nH]/c(c(C)c3CC)=C\2)[C@@H](CCC(=O)O)[C@@H]1C.[Mg+2]. The van der Waals surface area contributed by atoms with Crippen molar-refractivity contribution in [3.8, 4) is 0 Å². The molecule has 0 aromatic carbocycles. The third-order valence-electron chi connectivity index (χ3n) is 9.84. The van der Waals surface area contributed by atoms with Crippen molar-refractivity contribution in [3.05, 3.63) is 83.8 Å². The Morgan fingerprint density at radius 2 is 1.80 bits per heavy atom. The number of rotatable bonds is 6. The van der Waals surface area contributed by atoms with Crippen molar-refractivity contribution in [2.45, 2.75) is 59.9 Å². The molecule has 3 aromatic heterocycles. The predicted molar refractivity (Wildman–Crippen MR) is 176 cm³/mol. The van der Waals surface area contributed by atoms with E-state index in [0.29, 0.717) is 22.6 Å². The van der Waals surface area contributed by atoms with Crippen LogP contribution in [0.3, 0.4) is 0 Å². The first-order chi connectivity index (χ1) is 21.0. The number of methoxy groups -OCH3 is 1. The van der Waals surface area contributed by atoms with E-state index >= 15 is 0 Å². The molecule has 3 aliphatic rings. The van der Waals surface area contributed by atoms with Gasteiger partial charge in [-0.2, -0.15) is 5.70 Å². The van der Waals surface area contributed by atoms with Gasteiger partial charge in [0.05, 0.1) is 7.11 Å². The number of aliphatic hydroxyl groups is 1. The van der Waals surface area contributed by atoms with E-state index in [-0.39, 0.29) is 47.1 Å². The van der Waals surface area contributed by atoms with E-state index in [0.717, 1.165) is 62.2 Å². The number of carbonyl (C=O) groups is 2. The third kappa shape index (κ3) is 5.08. The number of allylic oxidation sites excluding steroid dienone is 1. The fraction of sp³-hybridized carbons (Fsp3) is 0.371. The fourth-order valence-electron chi connectivity index (χ4n) is 7.37. The minimum Gasteiger partial charge on any atom is -0.681 e. The van der Waals surface area contributed by atoms with Crippen molar-refractivity contribution in [1.29, 1.82) is 0 Å². The minimum absolute atomic E-state index is 0. The van der Waals surface area contributed by atoms with Crippen molar-refractivity contribution in [3.63, 3.8) is 0 Å². The summed E-state index contributed by atoms with van der Waals surface area (Å²) in [7, 11) is 1.30. The molecule has 3 aromatic rings. The number of hydrogen-bond donors (Lipinski definition) is 4. The largest absolute Gasteiger partial charge is 2.00 e. The number of nitrogens with one attached hydrogen (secondary N) is 2. The molecule has 45 heavy (non-hydrogen) atoms. The quantitative estimate of drug-likeness (QED) is 0.247. The number of H-pyrrole nitrogens is 2. The topological polar surface area (TPSA) is 144 Å². The Hall–Kier alpha value is -3.89. The van der Waals surface area contributed by atoms with Crippen LogP contribution in [0.25, 0.3) is 41.0 Å². The molecular weight excluding hydrogens is 581 g/mol. The van der Waals surface area contributed by atoms with Crippen LogP contribution in [0.15, 0.2) is 12.3 Å². The van der Waals surface area contributed by atoms with Crippen LogP contribution in [-0.2, 0) is 20.7 Å². The number of carboxylic acids is 1. The van der Waals surface area contributed by atoms with Gasteiger partial charge >= 0.3 is 35.0 Å². The van der Waals surface area contributed by atoms with Gasteiger partial charge in [0.1, 0.15) is 11.7 Å². The molecule has 230 valence electrons. The number of aromatic amines is 2. The molecule has 0 radical (unpaired) electrons. The normalized spacial score (nSPS) is 24.0. The number of carbonyl (C=O) groups excluding carboxylic acids is 1. The molecule has 10 heteroatoms. The van der Waals surface area contributed by atoms with Gasteiger partial charge in [0.2, 0.25) is 0 Å². The summed E-state index contributed by atoms with van der Waals surface area (Å²) in [6, 6.07) is -0.562. The fourth-order valence-corrected chi connectivity index (χ4v) is 7.37. The monoisotopic (exact) mass is 618 g/mol.